The third kappa shape index (κ3) is 3.04. The molecule has 0 aliphatic carbocycles. The predicted octanol–water partition coefficient (Wildman–Crippen LogP) is -0.562. The Bertz CT molecular complexity index is 706. The first-order chi connectivity index (χ1) is 8.86. The first-order valence-corrected chi connectivity index (χ1v) is 6.91. The molecule has 0 saturated heterocycles. The summed E-state index contributed by atoms with van der Waals surface area (Å²) in [7, 11) is -3.37. The highest BCUT2D eigenvalue weighted by Gasteiger charge is 2.12. The van der Waals surface area contributed by atoms with E-state index in [9.17, 15) is 13.2 Å². The summed E-state index contributed by atoms with van der Waals surface area (Å²) in [5.74, 6) is -0.654. The molecule has 0 atom stereocenters. The van der Waals surface area contributed by atoms with E-state index in [0.717, 1.165) is 6.26 Å². The average Bonchev–Trinajstić information content (AvgIpc) is 2.75. The molecule has 1 amide bonds. The van der Waals surface area contributed by atoms with Crippen molar-refractivity contribution < 1.29 is 13.2 Å². The molecule has 0 radical (unpaired) electrons. The smallest absolute Gasteiger partial charge is 0.293 e. The van der Waals surface area contributed by atoms with E-state index < -0.39 is 15.7 Å². The van der Waals surface area contributed by atoms with Gasteiger partial charge < -0.3 is 11.1 Å². The summed E-state index contributed by atoms with van der Waals surface area (Å²) in [6, 6.07) is 2.71. The van der Waals surface area contributed by atoms with Crippen LogP contribution in [0.5, 0.6) is 0 Å². The lowest BCUT2D eigenvalue weighted by atomic mass is 10.4. The van der Waals surface area contributed by atoms with Crippen LogP contribution in [0.25, 0.3) is 0 Å². The second-order valence-corrected chi connectivity index (χ2v) is 5.62. The number of nitrogens with zero attached hydrogens (tertiary/aromatic N) is 3. The summed E-state index contributed by atoms with van der Waals surface area (Å²) in [4.78, 5) is 19.0. The number of aromatic nitrogens is 4. The first kappa shape index (κ1) is 13.0. The Kier molecular flexibility index (Phi) is 3.17. The minimum atomic E-state index is -3.37. The van der Waals surface area contributed by atoms with Crippen LogP contribution in [-0.4, -0.2) is 40.7 Å². The van der Waals surface area contributed by atoms with E-state index >= 15 is 0 Å². The van der Waals surface area contributed by atoms with Crippen molar-refractivity contribution >= 4 is 27.4 Å². The lowest BCUT2D eigenvalue weighted by molar-refractivity contribution is 0.101. The Balaban J connectivity index is 2.14. The van der Waals surface area contributed by atoms with Gasteiger partial charge in [-0.25, -0.2) is 13.4 Å². The third-order valence-electron chi connectivity index (χ3n) is 2.09. The maximum atomic E-state index is 11.7. The predicted molar refractivity (Wildman–Crippen MR) is 66.1 cm³/mol. The van der Waals surface area contributed by atoms with Gasteiger partial charge in [-0.3, -0.25) is 9.89 Å². The van der Waals surface area contributed by atoms with Crippen LogP contribution in [0.1, 0.15) is 10.6 Å². The van der Waals surface area contributed by atoms with Gasteiger partial charge >= 0.3 is 0 Å². The minimum Gasteiger partial charge on any atom is -0.366 e. The monoisotopic (exact) mass is 282 g/mol. The van der Waals surface area contributed by atoms with Gasteiger partial charge in [-0.2, -0.15) is 4.98 Å². The van der Waals surface area contributed by atoms with E-state index in [2.05, 4.69) is 25.5 Å². The fourth-order valence-electron chi connectivity index (χ4n) is 1.24. The maximum absolute atomic E-state index is 11.7. The number of aromatic amines is 1. The van der Waals surface area contributed by atoms with Gasteiger partial charge in [0.15, 0.2) is 14.9 Å². The molecule has 2 rings (SSSR count). The van der Waals surface area contributed by atoms with E-state index in [1.807, 2.05) is 0 Å². The molecule has 10 heteroatoms. The Hall–Kier alpha value is -2.49. The van der Waals surface area contributed by atoms with Crippen LogP contribution in [0.2, 0.25) is 0 Å². The van der Waals surface area contributed by atoms with Crippen molar-refractivity contribution in [1.82, 2.24) is 20.2 Å². The summed E-state index contributed by atoms with van der Waals surface area (Å²) in [5.41, 5.74) is 5.59. The zero-order valence-electron chi connectivity index (χ0n) is 9.78. The van der Waals surface area contributed by atoms with Crippen molar-refractivity contribution in [2.45, 2.75) is 5.03 Å². The average molecular weight is 282 g/mol. The molecule has 2 aromatic rings. The number of pyridine rings is 1. The highest BCUT2D eigenvalue weighted by Crippen LogP contribution is 2.11. The van der Waals surface area contributed by atoms with Crippen LogP contribution in [0.4, 0.5) is 11.6 Å². The van der Waals surface area contributed by atoms with Gasteiger partial charge in [0.05, 0.1) is 11.9 Å². The molecular formula is C9H10N6O3S. The second-order valence-electron chi connectivity index (χ2n) is 3.65. The zero-order chi connectivity index (χ0) is 14.0. The molecule has 9 nitrogen and oxygen atoms in total. The maximum Gasteiger partial charge on any atom is 0.293 e. The van der Waals surface area contributed by atoms with Gasteiger partial charge in [0.25, 0.3) is 5.91 Å². The van der Waals surface area contributed by atoms with Gasteiger partial charge in [-0.15, -0.1) is 5.10 Å². The molecule has 4 N–H and O–H groups in total. The van der Waals surface area contributed by atoms with Crippen molar-refractivity contribution in [2.75, 3.05) is 17.3 Å². The lowest BCUT2D eigenvalue weighted by Crippen LogP contribution is -2.14. The molecule has 0 spiro atoms. The largest absolute Gasteiger partial charge is 0.366 e. The quantitative estimate of drug-likeness (QED) is 0.684. The van der Waals surface area contributed by atoms with Crippen LogP contribution in [0, 0.1) is 0 Å². The molecule has 0 aromatic carbocycles. The number of hydrogen-bond acceptors (Lipinski definition) is 7. The van der Waals surface area contributed by atoms with Crippen LogP contribution in [-0.2, 0) is 9.84 Å². The van der Waals surface area contributed by atoms with E-state index in [4.69, 9.17) is 5.73 Å². The summed E-state index contributed by atoms with van der Waals surface area (Å²) < 4.78 is 22.4. The number of nitrogen functional groups attached to an aromatic ring is 1. The number of nitrogens with one attached hydrogen (secondary N) is 2. The standard InChI is InChI=1S/C9H10N6O3S/c1-19(17,18)6-3-2-5(4-11-6)12-8(16)7-13-9(10)15-14-7/h2-4H,1H3,(H,12,16)(H3,10,13,14,15). The van der Waals surface area contributed by atoms with Gasteiger partial charge in [-0.05, 0) is 12.1 Å². The Morgan fingerprint density at radius 3 is 2.63 bits per heavy atom. The number of H-pyrrole nitrogens is 1. The molecule has 0 aliphatic rings. The number of sulfone groups is 1. The highest BCUT2D eigenvalue weighted by atomic mass is 32.2. The molecule has 19 heavy (non-hydrogen) atoms. The number of nitrogens with two attached hydrogens (primary N) is 1. The third-order valence-corrected chi connectivity index (χ3v) is 3.09. The van der Waals surface area contributed by atoms with Gasteiger partial charge in [-0.1, -0.05) is 0 Å². The number of rotatable bonds is 3. The van der Waals surface area contributed by atoms with E-state index in [1.54, 1.807) is 0 Å². The first-order valence-electron chi connectivity index (χ1n) is 5.01. The van der Waals surface area contributed by atoms with Crippen molar-refractivity contribution in [3.63, 3.8) is 0 Å². The van der Waals surface area contributed by atoms with E-state index in [0.29, 0.717) is 5.69 Å². The van der Waals surface area contributed by atoms with Crippen molar-refractivity contribution in [2.24, 2.45) is 0 Å². The fourth-order valence-corrected chi connectivity index (χ4v) is 1.80. The van der Waals surface area contributed by atoms with E-state index in [1.165, 1.54) is 18.3 Å². The molecule has 0 bridgehead atoms. The Morgan fingerprint density at radius 1 is 1.42 bits per heavy atom. The Labute approximate surface area is 108 Å². The number of amides is 1. The minimum absolute atomic E-state index is 0.0456. The van der Waals surface area contributed by atoms with Crippen molar-refractivity contribution in [1.29, 1.82) is 0 Å². The van der Waals surface area contributed by atoms with Gasteiger partial charge in [0, 0.05) is 6.26 Å². The van der Waals surface area contributed by atoms with Gasteiger partial charge in [0.2, 0.25) is 11.8 Å². The van der Waals surface area contributed by atoms with Gasteiger partial charge in [0.1, 0.15) is 0 Å². The SMILES string of the molecule is CS(=O)(=O)c1ccc(NC(=O)c2nc(N)n[nH]2)cn1. The topological polar surface area (TPSA) is 144 Å². The summed E-state index contributed by atoms with van der Waals surface area (Å²) >= 11 is 0. The highest BCUT2D eigenvalue weighted by molar-refractivity contribution is 7.90. The number of anilines is 2. The zero-order valence-corrected chi connectivity index (χ0v) is 10.6. The van der Waals surface area contributed by atoms with E-state index in [-0.39, 0.29) is 16.8 Å². The molecule has 0 fully saturated rings. The van der Waals surface area contributed by atoms with Crippen LogP contribution in [0.15, 0.2) is 23.4 Å². The van der Waals surface area contributed by atoms with Crippen LogP contribution < -0.4 is 11.1 Å². The molecule has 2 aromatic heterocycles. The molecule has 0 saturated carbocycles. The number of carbonyl (C=O) groups is 1. The number of hydrogen-bond donors (Lipinski definition) is 3. The normalized spacial score (nSPS) is 11.2. The van der Waals surface area contributed by atoms with Crippen molar-refractivity contribution in [3.05, 3.63) is 24.2 Å². The summed E-state index contributed by atoms with van der Waals surface area (Å²) in [6.07, 6.45) is 2.28. The molecular weight excluding hydrogens is 272 g/mol. The molecule has 0 aliphatic heterocycles. The molecule has 0 unspecified atom stereocenters. The summed E-state index contributed by atoms with van der Waals surface area (Å²) in [6.45, 7) is 0. The lowest BCUT2D eigenvalue weighted by Gasteiger charge is -2.03. The van der Waals surface area contributed by atoms with Crippen LogP contribution >= 0.6 is 0 Å². The molecule has 100 valence electrons. The molecule has 2 heterocycles. The fraction of sp³-hybridized carbons (Fsp3) is 0.111. The Morgan fingerprint density at radius 2 is 2.16 bits per heavy atom. The van der Waals surface area contributed by atoms with Crippen molar-refractivity contribution in [3.8, 4) is 0 Å². The second kappa shape index (κ2) is 4.65. The summed E-state index contributed by atoms with van der Waals surface area (Å²) in [5, 5.41) is 8.25. The number of carbonyl (C=O) groups excluding carboxylic acids is 1. The van der Waals surface area contributed by atoms with Crippen LogP contribution in [0.3, 0.4) is 0 Å².